The van der Waals surface area contributed by atoms with Crippen LogP contribution in [0.1, 0.15) is 6.92 Å². The Balaban J connectivity index is 2.96. The lowest BCUT2D eigenvalue weighted by Crippen LogP contribution is -1.91. The van der Waals surface area contributed by atoms with Crippen molar-refractivity contribution < 1.29 is 13.5 Å². The van der Waals surface area contributed by atoms with E-state index in [1.54, 1.807) is 6.92 Å². The van der Waals surface area contributed by atoms with Crippen molar-refractivity contribution in [2.45, 2.75) is 6.92 Å². The molecule has 0 atom stereocenters. The molecular weight excluding hydrogens is 150 g/mol. The maximum atomic E-state index is 12.7. The molecule has 0 N–H and O–H groups in total. The largest absolute Gasteiger partial charge is 0.484 e. The molecule has 1 rings (SSSR count). The lowest BCUT2D eigenvalue weighted by molar-refractivity contribution is 0.374. The molecule has 0 heterocycles. The highest BCUT2D eigenvalue weighted by molar-refractivity contribution is 5.25. The minimum Gasteiger partial charge on any atom is -0.484 e. The minimum atomic E-state index is -0.953. The summed E-state index contributed by atoms with van der Waals surface area (Å²) in [6.07, 6.45) is 0. The second-order valence-electron chi connectivity index (χ2n) is 1.91. The first-order valence-corrected chi connectivity index (χ1v) is 3.14. The Hall–Kier alpha value is -1.12. The van der Waals surface area contributed by atoms with Gasteiger partial charge in [-0.3, -0.25) is 0 Å². The molecule has 0 aliphatic rings. The third kappa shape index (κ3) is 1.67. The third-order valence-corrected chi connectivity index (χ3v) is 1.16. The first-order chi connectivity index (χ1) is 5.25. The molecule has 11 heavy (non-hydrogen) atoms. The lowest BCUT2D eigenvalue weighted by Gasteiger charge is -2.02. The van der Waals surface area contributed by atoms with Crippen molar-refractivity contribution in [1.82, 2.24) is 0 Å². The molecule has 1 nitrogen and oxygen atoms in total. The molecule has 0 spiro atoms. The van der Waals surface area contributed by atoms with Gasteiger partial charge in [0.15, 0.2) is 11.6 Å². The predicted molar refractivity (Wildman–Crippen MR) is 37.0 cm³/mol. The second kappa shape index (κ2) is 3.32. The van der Waals surface area contributed by atoms with Crippen molar-refractivity contribution in [1.29, 1.82) is 0 Å². The van der Waals surface area contributed by atoms with Gasteiger partial charge in [0.1, 0.15) is 6.61 Å². The Bertz CT molecular complexity index is 248. The average Bonchev–Trinajstić information content (AvgIpc) is 1.99. The van der Waals surface area contributed by atoms with Crippen LogP contribution in [-0.4, -0.2) is 0 Å². The lowest BCUT2D eigenvalue weighted by atomic mass is 10.3. The van der Waals surface area contributed by atoms with Crippen molar-refractivity contribution in [3.05, 3.63) is 36.4 Å². The molecule has 0 saturated carbocycles. The van der Waals surface area contributed by atoms with Gasteiger partial charge in [0, 0.05) is 0 Å². The van der Waals surface area contributed by atoms with E-state index in [2.05, 4.69) is 4.74 Å². The van der Waals surface area contributed by atoms with Crippen LogP contribution in [0.25, 0.3) is 0 Å². The summed E-state index contributed by atoms with van der Waals surface area (Å²) in [5, 5.41) is 0. The molecule has 0 unspecified atom stereocenters. The van der Waals surface area contributed by atoms with Crippen LogP contribution in [0.3, 0.4) is 0 Å². The number of ether oxygens (including phenoxy) is 1. The Morgan fingerprint density at radius 1 is 1.36 bits per heavy atom. The van der Waals surface area contributed by atoms with Crippen LogP contribution in [0.2, 0.25) is 0 Å². The van der Waals surface area contributed by atoms with E-state index < -0.39 is 11.6 Å². The third-order valence-electron chi connectivity index (χ3n) is 1.16. The van der Waals surface area contributed by atoms with E-state index in [4.69, 9.17) is 0 Å². The molecule has 59 valence electrons. The fourth-order valence-corrected chi connectivity index (χ4v) is 0.702. The quantitative estimate of drug-likeness (QED) is 0.640. The highest BCUT2D eigenvalue weighted by Crippen LogP contribution is 2.19. The molecule has 0 aromatic heterocycles. The number of hydrogen-bond donors (Lipinski definition) is 0. The average molecular weight is 157 g/mol. The van der Waals surface area contributed by atoms with Crippen molar-refractivity contribution >= 4 is 0 Å². The maximum absolute atomic E-state index is 12.7. The molecule has 0 aliphatic carbocycles. The van der Waals surface area contributed by atoms with Gasteiger partial charge in [-0.05, 0) is 19.1 Å². The zero-order valence-corrected chi connectivity index (χ0v) is 5.97. The molecule has 1 radical (unpaired) electrons. The maximum Gasteiger partial charge on any atom is 0.200 e. The van der Waals surface area contributed by atoms with Gasteiger partial charge in [0.25, 0.3) is 0 Å². The molecule has 0 bridgehead atoms. The van der Waals surface area contributed by atoms with E-state index >= 15 is 0 Å². The van der Waals surface area contributed by atoms with Gasteiger partial charge in [0.2, 0.25) is 5.82 Å². The smallest absolute Gasteiger partial charge is 0.200 e. The van der Waals surface area contributed by atoms with Gasteiger partial charge < -0.3 is 4.74 Å². The van der Waals surface area contributed by atoms with Gasteiger partial charge in [0.05, 0.1) is 0 Å². The fourth-order valence-electron chi connectivity index (χ4n) is 0.702. The molecular formula is C8H7F2O. The van der Waals surface area contributed by atoms with Gasteiger partial charge >= 0.3 is 0 Å². The normalized spacial score (nSPS) is 9.73. The zero-order chi connectivity index (χ0) is 8.27. The Labute approximate surface area is 63.6 Å². The van der Waals surface area contributed by atoms with E-state index in [0.29, 0.717) is 0 Å². The summed E-state index contributed by atoms with van der Waals surface area (Å²) in [6, 6.07) is 3.79. The molecule has 0 aliphatic heterocycles. The first kappa shape index (κ1) is 7.98. The zero-order valence-electron chi connectivity index (χ0n) is 5.97. The van der Waals surface area contributed by atoms with Gasteiger partial charge in [-0.25, -0.2) is 4.39 Å². The number of hydrogen-bond acceptors (Lipinski definition) is 1. The van der Waals surface area contributed by atoms with E-state index in [-0.39, 0.29) is 5.75 Å². The van der Waals surface area contributed by atoms with Crippen molar-refractivity contribution in [3.8, 4) is 5.75 Å². The minimum absolute atomic E-state index is 0.0903. The van der Waals surface area contributed by atoms with E-state index in [1.165, 1.54) is 18.7 Å². The Morgan fingerprint density at radius 2 is 2.09 bits per heavy atom. The highest BCUT2D eigenvalue weighted by atomic mass is 19.2. The van der Waals surface area contributed by atoms with Crippen LogP contribution in [0.15, 0.2) is 18.2 Å². The molecule has 3 heteroatoms. The van der Waals surface area contributed by atoms with Gasteiger partial charge in [-0.1, -0.05) is 6.07 Å². The summed E-state index contributed by atoms with van der Waals surface area (Å²) in [5.41, 5.74) is 0. The predicted octanol–water partition coefficient (Wildman–Crippen LogP) is 2.53. The van der Waals surface area contributed by atoms with Crippen LogP contribution >= 0.6 is 0 Å². The monoisotopic (exact) mass is 157 g/mol. The van der Waals surface area contributed by atoms with E-state index in [9.17, 15) is 8.78 Å². The Kier molecular flexibility index (Phi) is 2.41. The summed E-state index contributed by atoms with van der Waals surface area (Å²) in [6.45, 7) is 2.88. The standard InChI is InChI=1S/C8H7F2O/c1-2-11-7-5-3-4-6(9)8(7)10/h2-5H,1H3. The van der Waals surface area contributed by atoms with Crippen LogP contribution in [0.5, 0.6) is 5.75 Å². The van der Waals surface area contributed by atoms with Crippen molar-refractivity contribution in [2.24, 2.45) is 0 Å². The van der Waals surface area contributed by atoms with Crippen molar-refractivity contribution in [2.75, 3.05) is 0 Å². The van der Waals surface area contributed by atoms with E-state index in [1.807, 2.05) is 0 Å². The molecule has 1 aromatic carbocycles. The number of rotatable bonds is 2. The van der Waals surface area contributed by atoms with Crippen molar-refractivity contribution in [3.63, 3.8) is 0 Å². The fraction of sp³-hybridized carbons (Fsp3) is 0.125. The van der Waals surface area contributed by atoms with Crippen LogP contribution < -0.4 is 4.74 Å². The number of benzene rings is 1. The van der Waals surface area contributed by atoms with Gasteiger partial charge in [-0.15, -0.1) is 0 Å². The molecule has 0 fully saturated rings. The van der Waals surface area contributed by atoms with Crippen LogP contribution in [0, 0.1) is 18.2 Å². The SMILES string of the molecule is C[CH]Oc1cccc(F)c1F. The molecule has 0 amide bonds. The van der Waals surface area contributed by atoms with Crippen LogP contribution in [0.4, 0.5) is 8.78 Å². The summed E-state index contributed by atoms with van der Waals surface area (Å²) < 4.78 is 29.8. The topological polar surface area (TPSA) is 9.23 Å². The molecule has 0 saturated heterocycles. The summed E-state index contributed by atoms with van der Waals surface area (Å²) in [5.74, 6) is -1.94. The molecule has 1 aromatic rings. The number of halogens is 2. The first-order valence-electron chi connectivity index (χ1n) is 3.14. The summed E-state index contributed by atoms with van der Waals surface area (Å²) >= 11 is 0. The van der Waals surface area contributed by atoms with Crippen LogP contribution in [-0.2, 0) is 0 Å². The highest BCUT2D eigenvalue weighted by Gasteiger charge is 2.06. The second-order valence-corrected chi connectivity index (χ2v) is 1.91. The summed E-state index contributed by atoms with van der Waals surface area (Å²) in [7, 11) is 0. The summed E-state index contributed by atoms with van der Waals surface area (Å²) in [4.78, 5) is 0. The Morgan fingerprint density at radius 3 is 2.73 bits per heavy atom. The van der Waals surface area contributed by atoms with E-state index in [0.717, 1.165) is 6.07 Å². The van der Waals surface area contributed by atoms with Gasteiger partial charge in [-0.2, -0.15) is 4.39 Å².